The number of carbonyl (C=O) groups is 1. The van der Waals surface area contributed by atoms with E-state index in [1.54, 1.807) is 12.1 Å². The van der Waals surface area contributed by atoms with Gasteiger partial charge in [0.2, 0.25) is 0 Å². The largest absolute Gasteiger partial charge is 0.486 e. The molecule has 2 aromatic carbocycles. The van der Waals surface area contributed by atoms with Gasteiger partial charge in [0.15, 0.2) is 17.6 Å². The molecule has 1 atom stereocenters. The third-order valence-electron chi connectivity index (χ3n) is 3.67. The second-order valence-electron chi connectivity index (χ2n) is 5.51. The van der Waals surface area contributed by atoms with Gasteiger partial charge in [0.25, 0.3) is 0 Å². The van der Waals surface area contributed by atoms with Crippen LogP contribution in [0.4, 0.5) is 9.18 Å². The zero-order valence-corrected chi connectivity index (χ0v) is 13.1. The summed E-state index contributed by atoms with van der Waals surface area (Å²) in [5.74, 6) is 1.14. The summed E-state index contributed by atoms with van der Waals surface area (Å²) in [5.41, 5.74) is 0.970. The average Bonchev–Trinajstić information content (AvgIpc) is 2.61. The maximum Gasteiger partial charge on any atom is 0.314 e. The third-order valence-corrected chi connectivity index (χ3v) is 3.67. The monoisotopic (exact) mass is 330 g/mol. The number of fused-ring (bicyclic) bond motifs is 1. The number of carbonyl (C=O) groups excluding carboxylic acids is 1. The molecule has 0 saturated heterocycles. The van der Waals surface area contributed by atoms with Crippen LogP contribution < -0.4 is 20.1 Å². The third kappa shape index (κ3) is 4.38. The Hall–Kier alpha value is -2.76. The molecule has 5 nitrogen and oxygen atoms in total. The Bertz CT molecular complexity index is 691. The van der Waals surface area contributed by atoms with Crippen LogP contribution in [-0.2, 0) is 6.42 Å². The summed E-state index contributed by atoms with van der Waals surface area (Å²) < 4.78 is 24.2. The molecule has 0 bridgehead atoms. The molecule has 126 valence electrons. The van der Waals surface area contributed by atoms with Gasteiger partial charge in [-0.15, -0.1) is 0 Å². The highest BCUT2D eigenvalue weighted by Gasteiger charge is 2.20. The Balaban J connectivity index is 1.36. The molecule has 0 saturated carbocycles. The lowest BCUT2D eigenvalue weighted by molar-refractivity contribution is 0.0918. The highest BCUT2D eigenvalue weighted by atomic mass is 19.1. The van der Waals surface area contributed by atoms with Crippen LogP contribution in [-0.4, -0.2) is 31.8 Å². The van der Waals surface area contributed by atoms with E-state index in [1.807, 2.05) is 24.3 Å². The number of amides is 2. The van der Waals surface area contributed by atoms with Crippen molar-refractivity contribution in [3.8, 4) is 11.5 Å². The van der Waals surface area contributed by atoms with E-state index in [0.29, 0.717) is 31.9 Å². The van der Waals surface area contributed by atoms with Gasteiger partial charge in [0, 0.05) is 6.54 Å². The first kappa shape index (κ1) is 16.1. The summed E-state index contributed by atoms with van der Waals surface area (Å²) in [4.78, 5) is 11.8. The van der Waals surface area contributed by atoms with E-state index in [2.05, 4.69) is 10.6 Å². The number of rotatable bonds is 5. The molecule has 0 spiro atoms. The van der Waals surface area contributed by atoms with E-state index in [1.165, 1.54) is 12.1 Å². The van der Waals surface area contributed by atoms with E-state index in [0.717, 1.165) is 11.3 Å². The predicted molar refractivity (Wildman–Crippen MR) is 87.9 cm³/mol. The molecule has 2 N–H and O–H groups in total. The van der Waals surface area contributed by atoms with Crippen LogP contribution in [0.2, 0.25) is 0 Å². The van der Waals surface area contributed by atoms with Gasteiger partial charge in [-0.1, -0.05) is 24.3 Å². The smallest absolute Gasteiger partial charge is 0.314 e. The molecule has 0 radical (unpaired) electrons. The van der Waals surface area contributed by atoms with Crippen molar-refractivity contribution in [2.45, 2.75) is 12.5 Å². The van der Waals surface area contributed by atoms with Crippen molar-refractivity contribution in [1.29, 1.82) is 0 Å². The molecule has 1 heterocycles. The first-order chi connectivity index (χ1) is 11.7. The highest BCUT2D eigenvalue weighted by molar-refractivity contribution is 5.73. The van der Waals surface area contributed by atoms with Gasteiger partial charge in [-0.2, -0.15) is 0 Å². The number of hydrogen-bond acceptors (Lipinski definition) is 3. The van der Waals surface area contributed by atoms with Crippen molar-refractivity contribution >= 4 is 6.03 Å². The molecule has 0 aromatic heterocycles. The Morgan fingerprint density at radius 1 is 1.08 bits per heavy atom. The Labute approximate surface area is 139 Å². The Morgan fingerprint density at radius 3 is 2.62 bits per heavy atom. The molecular formula is C18H19FN2O3. The summed E-state index contributed by atoms with van der Waals surface area (Å²) in [7, 11) is 0. The van der Waals surface area contributed by atoms with E-state index in [-0.39, 0.29) is 18.0 Å². The fourth-order valence-electron chi connectivity index (χ4n) is 2.40. The van der Waals surface area contributed by atoms with Crippen LogP contribution >= 0.6 is 0 Å². The number of ether oxygens (including phenoxy) is 2. The molecule has 0 aliphatic carbocycles. The van der Waals surface area contributed by atoms with Crippen LogP contribution in [0.3, 0.4) is 0 Å². The SMILES string of the molecule is O=C(NCCc1ccc(F)cc1)NCC1COc2ccccc2O1. The molecule has 0 fully saturated rings. The first-order valence-corrected chi connectivity index (χ1v) is 7.85. The predicted octanol–water partition coefficient (Wildman–Crippen LogP) is 2.51. The molecule has 1 unspecified atom stereocenters. The lowest BCUT2D eigenvalue weighted by Crippen LogP contribution is -2.44. The Morgan fingerprint density at radius 2 is 1.83 bits per heavy atom. The van der Waals surface area contributed by atoms with Crippen molar-refractivity contribution in [3.05, 3.63) is 59.9 Å². The van der Waals surface area contributed by atoms with E-state index in [9.17, 15) is 9.18 Å². The number of nitrogens with one attached hydrogen (secondary N) is 2. The first-order valence-electron chi connectivity index (χ1n) is 7.85. The van der Waals surface area contributed by atoms with Crippen LogP contribution in [0.15, 0.2) is 48.5 Å². The van der Waals surface area contributed by atoms with E-state index < -0.39 is 0 Å². The average molecular weight is 330 g/mol. The quantitative estimate of drug-likeness (QED) is 0.885. The fraction of sp³-hybridized carbons (Fsp3) is 0.278. The zero-order chi connectivity index (χ0) is 16.8. The van der Waals surface area contributed by atoms with Gasteiger partial charge in [-0.25, -0.2) is 9.18 Å². The van der Waals surface area contributed by atoms with Gasteiger partial charge in [-0.3, -0.25) is 0 Å². The van der Waals surface area contributed by atoms with Crippen molar-refractivity contribution < 1.29 is 18.7 Å². The molecule has 1 aliphatic rings. The minimum Gasteiger partial charge on any atom is -0.486 e. The minimum atomic E-state index is -0.264. The van der Waals surface area contributed by atoms with Crippen LogP contribution in [0, 0.1) is 5.82 Å². The summed E-state index contributed by atoms with van der Waals surface area (Å²) in [6, 6.07) is 13.4. The molecule has 1 aliphatic heterocycles. The molecule has 6 heteroatoms. The second kappa shape index (κ2) is 7.68. The molecule has 24 heavy (non-hydrogen) atoms. The topological polar surface area (TPSA) is 59.6 Å². The van der Waals surface area contributed by atoms with Crippen molar-refractivity contribution in [3.63, 3.8) is 0 Å². The number of para-hydroxylation sites is 2. The summed E-state index contributed by atoms with van der Waals surface area (Å²) in [6.07, 6.45) is 0.423. The summed E-state index contributed by atoms with van der Waals surface area (Å²) in [5, 5.41) is 5.53. The standard InChI is InChI=1S/C18H19FN2O3/c19-14-7-5-13(6-8-14)9-10-20-18(22)21-11-15-12-23-16-3-1-2-4-17(16)24-15/h1-8,15H,9-12H2,(H2,20,21,22). The highest BCUT2D eigenvalue weighted by Crippen LogP contribution is 2.30. The summed E-state index contributed by atoms with van der Waals surface area (Å²) in [6.45, 7) is 1.23. The molecular weight excluding hydrogens is 311 g/mol. The van der Waals surface area contributed by atoms with Gasteiger partial charge in [0.1, 0.15) is 12.4 Å². The second-order valence-corrected chi connectivity index (χ2v) is 5.51. The van der Waals surface area contributed by atoms with Gasteiger partial charge >= 0.3 is 6.03 Å². The van der Waals surface area contributed by atoms with Crippen molar-refractivity contribution in [2.24, 2.45) is 0 Å². The molecule has 2 amide bonds. The number of urea groups is 1. The lowest BCUT2D eigenvalue weighted by Gasteiger charge is -2.26. The number of benzene rings is 2. The van der Waals surface area contributed by atoms with Gasteiger partial charge < -0.3 is 20.1 Å². The molecule has 3 rings (SSSR count). The van der Waals surface area contributed by atoms with Crippen LogP contribution in [0.1, 0.15) is 5.56 Å². The minimum absolute atomic E-state index is 0.220. The van der Waals surface area contributed by atoms with Gasteiger partial charge in [0.05, 0.1) is 6.54 Å². The van der Waals surface area contributed by atoms with Crippen molar-refractivity contribution in [1.82, 2.24) is 10.6 Å². The van der Waals surface area contributed by atoms with Crippen LogP contribution in [0.25, 0.3) is 0 Å². The molecule has 2 aromatic rings. The summed E-state index contributed by atoms with van der Waals surface area (Å²) >= 11 is 0. The zero-order valence-electron chi connectivity index (χ0n) is 13.1. The Kier molecular flexibility index (Phi) is 5.15. The number of halogens is 1. The normalized spacial score (nSPS) is 15.6. The number of hydrogen-bond donors (Lipinski definition) is 2. The van der Waals surface area contributed by atoms with E-state index >= 15 is 0 Å². The maximum atomic E-state index is 12.8. The van der Waals surface area contributed by atoms with E-state index in [4.69, 9.17) is 9.47 Å². The lowest BCUT2D eigenvalue weighted by atomic mass is 10.1. The van der Waals surface area contributed by atoms with Gasteiger partial charge in [-0.05, 0) is 36.2 Å². The van der Waals surface area contributed by atoms with Crippen molar-refractivity contribution in [2.75, 3.05) is 19.7 Å². The maximum absolute atomic E-state index is 12.8. The fourth-order valence-corrected chi connectivity index (χ4v) is 2.40. The van der Waals surface area contributed by atoms with Crippen LogP contribution in [0.5, 0.6) is 11.5 Å².